The molecule has 3 heterocycles. The van der Waals surface area contributed by atoms with Crippen molar-refractivity contribution in [3.8, 4) is 0 Å². The number of likely N-dealkylation sites (tertiary alicyclic amines) is 1. The fraction of sp³-hybridized carbons (Fsp3) is 0.409. The highest BCUT2D eigenvalue weighted by Gasteiger charge is 2.27. The Labute approximate surface area is 171 Å². The summed E-state index contributed by atoms with van der Waals surface area (Å²) in [5, 5.41) is 4.06. The minimum absolute atomic E-state index is 0. The molecule has 1 unspecified atom stereocenters. The molecule has 150 valence electrons. The fourth-order valence-corrected chi connectivity index (χ4v) is 3.92. The average Bonchev–Trinajstić information content (AvgIpc) is 3.38. The Morgan fingerprint density at radius 2 is 1.86 bits per heavy atom. The van der Waals surface area contributed by atoms with E-state index in [2.05, 4.69) is 16.3 Å². The first-order valence-corrected chi connectivity index (χ1v) is 9.61. The van der Waals surface area contributed by atoms with E-state index in [1.54, 1.807) is 0 Å². The molecular weight excluding hydrogens is 376 g/mol. The molecule has 1 saturated heterocycles. The van der Waals surface area contributed by atoms with Gasteiger partial charge in [-0.2, -0.15) is 0 Å². The Morgan fingerprint density at radius 1 is 1.11 bits per heavy atom. The molecule has 1 aromatic carbocycles. The fourth-order valence-electron chi connectivity index (χ4n) is 3.92. The van der Waals surface area contributed by atoms with Crippen LogP contribution in [0.3, 0.4) is 0 Å². The summed E-state index contributed by atoms with van der Waals surface area (Å²) in [4.78, 5) is 15.2. The molecule has 4 rings (SSSR count). The van der Waals surface area contributed by atoms with Gasteiger partial charge in [0.15, 0.2) is 5.76 Å². The maximum Gasteiger partial charge on any atom is 0.287 e. The lowest BCUT2D eigenvalue weighted by Crippen LogP contribution is -2.36. The molecule has 1 N–H and O–H groups in total. The van der Waals surface area contributed by atoms with Crippen LogP contribution >= 0.6 is 12.4 Å². The maximum absolute atomic E-state index is 12.8. The van der Waals surface area contributed by atoms with Gasteiger partial charge in [-0.05, 0) is 71.0 Å². The number of nitrogens with zero attached hydrogens (tertiary/aromatic N) is 1. The number of aryl methyl sites for hydroxylation is 3. The lowest BCUT2D eigenvalue weighted by Gasteiger charge is -2.25. The van der Waals surface area contributed by atoms with Crippen LogP contribution in [0.25, 0.3) is 11.0 Å². The summed E-state index contributed by atoms with van der Waals surface area (Å²) in [5.41, 5.74) is 2.79. The predicted molar refractivity (Wildman–Crippen MR) is 112 cm³/mol. The highest BCUT2D eigenvalue weighted by molar-refractivity contribution is 5.99. The van der Waals surface area contributed by atoms with Gasteiger partial charge in [0.25, 0.3) is 5.91 Å². The molecule has 3 aromatic rings. The smallest absolute Gasteiger partial charge is 0.287 e. The summed E-state index contributed by atoms with van der Waals surface area (Å²) >= 11 is 0. The standard InChI is InChI=1S/C22H26N2O3.ClH/c1-14-6-8-19-17(12-14)16(3)21(27-19)22(25)23-13-18(24-10-4-5-11-24)20-9-7-15(2)26-20;/h6-9,12,18H,4-5,10-11,13H2,1-3H3,(H,23,25);1H. The zero-order valence-corrected chi connectivity index (χ0v) is 17.4. The molecule has 0 aliphatic carbocycles. The molecule has 0 bridgehead atoms. The van der Waals surface area contributed by atoms with Gasteiger partial charge < -0.3 is 14.2 Å². The van der Waals surface area contributed by atoms with Crippen molar-refractivity contribution in [3.63, 3.8) is 0 Å². The minimum atomic E-state index is -0.172. The molecule has 0 saturated carbocycles. The van der Waals surface area contributed by atoms with Crippen molar-refractivity contribution in [2.24, 2.45) is 0 Å². The number of hydrogen-bond acceptors (Lipinski definition) is 4. The molecule has 2 aromatic heterocycles. The van der Waals surface area contributed by atoms with Crippen LogP contribution in [-0.4, -0.2) is 30.4 Å². The van der Waals surface area contributed by atoms with Crippen molar-refractivity contribution >= 4 is 29.3 Å². The van der Waals surface area contributed by atoms with Crippen LogP contribution in [0.4, 0.5) is 0 Å². The zero-order valence-electron chi connectivity index (χ0n) is 16.6. The lowest BCUT2D eigenvalue weighted by atomic mass is 10.1. The quantitative estimate of drug-likeness (QED) is 0.656. The first-order valence-electron chi connectivity index (χ1n) is 9.61. The number of carbonyl (C=O) groups excluding carboxylic acids is 1. The normalized spacial score (nSPS) is 15.5. The van der Waals surface area contributed by atoms with Gasteiger partial charge in [0.1, 0.15) is 17.1 Å². The van der Waals surface area contributed by atoms with Crippen molar-refractivity contribution < 1.29 is 13.6 Å². The summed E-state index contributed by atoms with van der Waals surface area (Å²) in [7, 11) is 0. The Balaban J connectivity index is 0.00000225. The second-order valence-corrected chi connectivity index (χ2v) is 7.47. The maximum atomic E-state index is 12.8. The van der Waals surface area contributed by atoms with Crippen LogP contribution in [0.5, 0.6) is 0 Å². The van der Waals surface area contributed by atoms with Crippen molar-refractivity contribution in [2.75, 3.05) is 19.6 Å². The van der Waals surface area contributed by atoms with E-state index in [0.29, 0.717) is 12.3 Å². The van der Waals surface area contributed by atoms with Crippen molar-refractivity contribution in [2.45, 2.75) is 39.7 Å². The summed E-state index contributed by atoms with van der Waals surface area (Å²) < 4.78 is 11.7. The monoisotopic (exact) mass is 402 g/mol. The number of hydrogen-bond donors (Lipinski definition) is 1. The highest BCUT2D eigenvalue weighted by atomic mass is 35.5. The Morgan fingerprint density at radius 3 is 2.54 bits per heavy atom. The van der Waals surface area contributed by atoms with Gasteiger partial charge in [-0.15, -0.1) is 12.4 Å². The van der Waals surface area contributed by atoms with Crippen molar-refractivity contribution in [3.05, 3.63) is 58.7 Å². The molecule has 1 fully saturated rings. The SMILES string of the molecule is Cc1ccc2oc(C(=O)NCC(c3ccc(C)o3)N3CCCC3)c(C)c2c1.Cl. The molecule has 5 nitrogen and oxygen atoms in total. The van der Waals surface area contributed by atoms with E-state index in [1.807, 2.05) is 45.0 Å². The number of fused-ring (bicyclic) bond motifs is 1. The van der Waals surface area contributed by atoms with E-state index in [0.717, 1.165) is 46.7 Å². The molecule has 0 spiro atoms. The second-order valence-electron chi connectivity index (χ2n) is 7.47. The molecule has 0 radical (unpaired) electrons. The number of furan rings is 2. The first kappa shape index (κ1) is 20.5. The van der Waals surface area contributed by atoms with E-state index < -0.39 is 0 Å². The summed E-state index contributed by atoms with van der Waals surface area (Å²) in [6.07, 6.45) is 2.37. The topological polar surface area (TPSA) is 58.6 Å². The number of rotatable bonds is 5. The molecule has 1 atom stereocenters. The number of halogens is 1. The second kappa shape index (κ2) is 8.41. The van der Waals surface area contributed by atoms with Crippen LogP contribution in [-0.2, 0) is 0 Å². The summed E-state index contributed by atoms with van der Waals surface area (Å²) in [5.74, 6) is 2.02. The van der Waals surface area contributed by atoms with Crippen LogP contribution in [0, 0.1) is 20.8 Å². The third kappa shape index (κ3) is 3.96. The molecule has 28 heavy (non-hydrogen) atoms. The van der Waals surface area contributed by atoms with Gasteiger partial charge in [0.05, 0.1) is 6.04 Å². The van der Waals surface area contributed by atoms with E-state index in [9.17, 15) is 4.79 Å². The average molecular weight is 403 g/mol. The predicted octanol–water partition coefficient (Wildman–Crippen LogP) is 4.94. The van der Waals surface area contributed by atoms with Crippen LogP contribution in [0.2, 0.25) is 0 Å². The van der Waals surface area contributed by atoms with Gasteiger partial charge >= 0.3 is 0 Å². The third-order valence-electron chi connectivity index (χ3n) is 5.42. The number of amides is 1. The zero-order chi connectivity index (χ0) is 19.0. The first-order chi connectivity index (χ1) is 13.0. The van der Waals surface area contributed by atoms with Crippen molar-refractivity contribution in [1.82, 2.24) is 10.2 Å². The number of carbonyl (C=O) groups is 1. The lowest BCUT2D eigenvalue weighted by molar-refractivity contribution is 0.0907. The largest absolute Gasteiger partial charge is 0.465 e. The van der Waals surface area contributed by atoms with Crippen LogP contribution < -0.4 is 5.32 Å². The highest BCUT2D eigenvalue weighted by Crippen LogP contribution is 2.28. The Kier molecular flexibility index (Phi) is 6.16. The molecule has 6 heteroatoms. The van der Waals surface area contributed by atoms with Gasteiger partial charge in [-0.3, -0.25) is 9.69 Å². The van der Waals surface area contributed by atoms with E-state index in [-0.39, 0.29) is 24.4 Å². The molecular formula is C22H27ClN2O3. The van der Waals surface area contributed by atoms with Crippen LogP contribution in [0.15, 0.2) is 39.2 Å². The summed E-state index contributed by atoms with van der Waals surface area (Å²) in [6, 6.07) is 10.0. The van der Waals surface area contributed by atoms with Gasteiger partial charge in [0.2, 0.25) is 0 Å². The summed E-state index contributed by atoms with van der Waals surface area (Å²) in [6.45, 7) is 8.49. The molecule has 1 amide bonds. The number of benzene rings is 1. The Hall–Kier alpha value is -2.24. The van der Waals surface area contributed by atoms with E-state index >= 15 is 0 Å². The van der Waals surface area contributed by atoms with Gasteiger partial charge in [-0.1, -0.05) is 11.6 Å². The van der Waals surface area contributed by atoms with Crippen molar-refractivity contribution in [1.29, 1.82) is 0 Å². The molecule has 1 aliphatic rings. The minimum Gasteiger partial charge on any atom is -0.465 e. The Bertz CT molecular complexity index is 969. The van der Waals surface area contributed by atoms with Gasteiger partial charge in [0, 0.05) is 17.5 Å². The van der Waals surface area contributed by atoms with Gasteiger partial charge in [-0.25, -0.2) is 0 Å². The third-order valence-corrected chi connectivity index (χ3v) is 5.42. The van der Waals surface area contributed by atoms with E-state index in [4.69, 9.17) is 8.83 Å². The van der Waals surface area contributed by atoms with E-state index in [1.165, 1.54) is 12.8 Å². The molecule has 1 aliphatic heterocycles. The number of nitrogens with one attached hydrogen (secondary N) is 1. The van der Waals surface area contributed by atoms with Crippen LogP contribution in [0.1, 0.15) is 52.1 Å².